The maximum absolute atomic E-state index is 14.0. The van der Waals surface area contributed by atoms with E-state index in [2.05, 4.69) is 5.32 Å². The largest absolute Gasteiger partial charge is 0.508 e. The number of primary amides is 1. The minimum absolute atomic E-state index is 0.00557. The number of phenolic OH excluding ortho intramolecular Hbond substituents is 1. The molecule has 3 aromatic rings. The van der Waals surface area contributed by atoms with Crippen molar-refractivity contribution < 1.29 is 44.0 Å². The summed E-state index contributed by atoms with van der Waals surface area (Å²) in [6.45, 7) is 0. The number of furan rings is 1. The number of aliphatic hydroxyl groups is 3. The van der Waals surface area contributed by atoms with Crippen molar-refractivity contribution in [2.45, 2.75) is 24.5 Å². The monoisotopic (exact) mass is 599 g/mol. The number of hydrogen-bond donors (Lipinski definition) is 6. The number of likely N-dealkylation sites (N-methyl/N-ethyl adjacent to an activating group) is 1. The maximum atomic E-state index is 14.0. The molecule has 0 radical (unpaired) electrons. The molecule has 7 N–H and O–H groups in total. The summed E-state index contributed by atoms with van der Waals surface area (Å²) < 4.78 is 5.12. The summed E-state index contributed by atoms with van der Waals surface area (Å²) in [7, 11) is 3.09. The number of rotatable bonds is 5. The number of ketones is 2. The lowest BCUT2D eigenvalue weighted by Crippen LogP contribution is -2.65. The Kier molecular flexibility index (Phi) is 6.71. The van der Waals surface area contributed by atoms with E-state index in [0.717, 1.165) is 0 Å². The Morgan fingerprint density at radius 2 is 1.75 bits per heavy atom. The summed E-state index contributed by atoms with van der Waals surface area (Å²) in [6.07, 6.45) is 1.53. The SMILES string of the molecule is CN(C)[C@@H]1C(=O)C(C(N)=O)=C(O)[C@@]2(O)C(=O)C3=C(O)c4c(O)ccc(-c5ccc(NC(=O)c6ccco6)cc5)c4C[C@H]3C[C@@H]12. The summed E-state index contributed by atoms with van der Waals surface area (Å²) in [5.41, 5.74) is 3.95. The molecule has 44 heavy (non-hydrogen) atoms. The van der Waals surface area contributed by atoms with E-state index >= 15 is 0 Å². The molecule has 2 aromatic carbocycles. The molecule has 1 aromatic heterocycles. The fourth-order valence-corrected chi connectivity index (χ4v) is 6.85. The van der Waals surface area contributed by atoms with Gasteiger partial charge < -0.3 is 35.9 Å². The summed E-state index contributed by atoms with van der Waals surface area (Å²) in [5.74, 6) is -7.32. The number of nitrogens with two attached hydrogens (primary N) is 1. The third-order valence-electron chi connectivity index (χ3n) is 8.80. The molecule has 12 nitrogen and oxygen atoms in total. The standard InChI is InChI=1S/C32H29N3O9/c1-35(2)25-19-13-15-12-18-17(14-5-7-16(8-6-14)34-31(42)21-4-3-11-44-21)9-10-20(36)23(18)26(37)22(15)28(39)32(19,43)29(40)24(27(25)38)30(33)41/h3-11,15,19,25,36-37,40,43H,12-13H2,1-2H3,(H2,33,41)(H,34,42)/t15-,19-,25-,32-/m0/s1. The highest BCUT2D eigenvalue weighted by Crippen LogP contribution is 2.53. The Balaban J connectivity index is 1.43. The van der Waals surface area contributed by atoms with Gasteiger partial charge in [-0.3, -0.25) is 24.1 Å². The number of phenols is 1. The number of amides is 2. The molecule has 1 fully saturated rings. The van der Waals surface area contributed by atoms with Crippen LogP contribution in [0.4, 0.5) is 5.69 Å². The quantitative estimate of drug-likeness (QED) is 0.236. The van der Waals surface area contributed by atoms with E-state index < -0.39 is 64.0 Å². The molecule has 12 heteroatoms. The molecule has 1 heterocycles. The second-order valence-corrected chi connectivity index (χ2v) is 11.5. The smallest absolute Gasteiger partial charge is 0.291 e. The summed E-state index contributed by atoms with van der Waals surface area (Å²) in [4.78, 5) is 53.2. The number of hydrogen-bond acceptors (Lipinski definition) is 10. The number of Topliss-reactive ketones (excluding diaryl/α,β-unsaturated/α-hetero) is 2. The maximum Gasteiger partial charge on any atom is 0.291 e. The van der Waals surface area contributed by atoms with Gasteiger partial charge in [0.05, 0.1) is 17.9 Å². The molecule has 3 aliphatic rings. The van der Waals surface area contributed by atoms with E-state index in [1.54, 1.807) is 50.5 Å². The zero-order chi connectivity index (χ0) is 31.7. The lowest BCUT2D eigenvalue weighted by molar-refractivity contribution is -0.153. The molecule has 4 atom stereocenters. The van der Waals surface area contributed by atoms with E-state index in [9.17, 15) is 39.6 Å². The molecule has 0 unspecified atom stereocenters. The topological polar surface area (TPSA) is 204 Å². The van der Waals surface area contributed by atoms with Crippen molar-refractivity contribution in [2.24, 2.45) is 17.6 Å². The molecule has 6 rings (SSSR count). The molecule has 0 aliphatic heterocycles. The van der Waals surface area contributed by atoms with Gasteiger partial charge in [-0.15, -0.1) is 0 Å². The van der Waals surface area contributed by atoms with Crippen molar-refractivity contribution in [1.82, 2.24) is 4.90 Å². The Bertz CT molecular complexity index is 1800. The van der Waals surface area contributed by atoms with Gasteiger partial charge in [0, 0.05) is 17.2 Å². The fourth-order valence-electron chi connectivity index (χ4n) is 6.85. The molecule has 2 amide bonds. The van der Waals surface area contributed by atoms with Crippen molar-refractivity contribution in [1.29, 1.82) is 0 Å². The van der Waals surface area contributed by atoms with Crippen LogP contribution in [0, 0.1) is 11.8 Å². The summed E-state index contributed by atoms with van der Waals surface area (Å²) >= 11 is 0. The third kappa shape index (κ3) is 4.13. The van der Waals surface area contributed by atoms with Crippen molar-refractivity contribution in [3.05, 3.63) is 88.6 Å². The molecule has 226 valence electrons. The Morgan fingerprint density at radius 3 is 2.36 bits per heavy atom. The van der Waals surface area contributed by atoms with E-state index in [0.29, 0.717) is 22.4 Å². The van der Waals surface area contributed by atoms with Crippen molar-refractivity contribution in [3.63, 3.8) is 0 Å². The first-order valence-corrected chi connectivity index (χ1v) is 13.8. The van der Waals surface area contributed by atoms with Gasteiger partial charge in [-0.1, -0.05) is 18.2 Å². The molecule has 0 bridgehead atoms. The normalized spacial score (nSPS) is 24.6. The van der Waals surface area contributed by atoms with Gasteiger partial charge in [-0.05, 0) is 79.9 Å². The molecule has 0 spiro atoms. The predicted molar refractivity (Wildman–Crippen MR) is 156 cm³/mol. The zero-order valence-corrected chi connectivity index (χ0v) is 23.7. The van der Waals surface area contributed by atoms with Gasteiger partial charge in [0.2, 0.25) is 5.78 Å². The fraction of sp³-hybridized carbons (Fsp3) is 0.250. The van der Waals surface area contributed by atoms with Crippen LogP contribution in [0.5, 0.6) is 5.75 Å². The minimum atomic E-state index is -2.70. The first kappa shape index (κ1) is 28.9. The average Bonchev–Trinajstić information content (AvgIpc) is 3.51. The molecule has 0 saturated heterocycles. The van der Waals surface area contributed by atoms with Gasteiger partial charge in [-0.25, -0.2) is 0 Å². The van der Waals surface area contributed by atoms with Crippen molar-refractivity contribution >= 4 is 34.8 Å². The van der Waals surface area contributed by atoms with Crippen LogP contribution in [-0.4, -0.2) is 74.4 Å². The van der Waals surface area contributed by atoms with Crippen LogP contribution < -0.4 is 11.1 Å². The lowest BCUT2D eigenvalue weighted by atomic mass is 9.57. The predicted octanol–water partition coefficient (Wildman–Crippen LogP) is 2.48. The van der Waals surface area contributed by atoms with Crippen molar-refractivity contribution in [3.8, 4) is 16.9 Å². The Morgan fingerprint density at radius 1 is 1.05 bits per heavy atom. The molecule has 3 aliphatic carbocycles. The van der Waals surface area contributed by atoms with Crippen LogP contribution in [0.25, 0.3) is 16.9 Å². The second kappa shape index (κ2) is 10.2. The Labute approximate surface area is 250 Å². The average molecular weight is 600 g/mol. The minimum Gasteiger partial charge on any atom is -0.508 e. The van der Waals surface area contributed by atoms with Gasteiger partial charge in [0.25, 0.3) is 11.8 Å². The van der Waals surface area contributed by atoms with Gasteiger partial charge in [0.15, 0.2) is 17.1 Å². The lowest BCUT2D eigenvalue weighted by Gasteiger charge is -2.50. The Hall–Kier alpha value is -5.20. The summed E-state index contributed by atoms with van der Waals surface area (Å²) in [6, 6.07) is 11.9. The van der Waals surface area contributed by atoms with Crippen molar-refractivity contribution in [2.75, 3.05) is 19.4 Å². The number of benzene rings is 2. The number of nitrogens with one attached hydrogen (secondary N) is 1. The first-order valence-electron chi connectivity index (χ1n) is 13.8. The number of aromatic hydroxyl groups is 1. The van der Waals surface area contributed by atoms with Crippen LogP contribution in [-0.2, 0) is 20.8 Å². The van der Waals surface area contributed by atoms with Gasteiger partial charge in [0.1, 0.15) is 22.8 Å². The highest BCUT2D eigenvalue weighted by atomic mass is 16.4. The number of nitrogens with zero attached hydrogens (tertiary/aromatic N) is 1. The van der Waals surface area contributed by atoms with Crippen LogP contribution in [0.15, 0.2) is 76.1 Å². The molecular weight excluding hydrogens is 570 g/mol. The number of aliphatic hydroxyl groups excluding tert-OH is 2. The number of fused-ring (bicyclic) bond motifs is 3. The highest BCUT2D eigenvalue weighted by Gasteiger charge is 2.64. The van der Waals surface area contributed by atoms with E-state index in [1.807, 2.05) is 0 Å². The van der Waals surface area contributed by atoms with Crippen LogP contribution in [0.3, 0.4) is 0 Å². The van der Waals surface area contributed by atoms with Crippen LogP contribution >= 0.6 is 0 Å². The first-order chi connectivity index (χ1) is 20.9. The van der Waals surface area contributed by atoms with Crippen LogP contribution in [0.2, 0.25) is 0 Å². The molecule has 1 saturated carbocycles. The van der Waals surface area contributed by atoms with E-state index in [4.69, 9.17) is 10.2 Å². The number of carbonyl (C=O) groups excluding carboxylic acids is 4. The highest BCUT2D eigenvalue weighted by molar-refractivity contribution is 6.24. The van der Waals surface area contributed by atoms with Crippen LogP contribution in [0.1, 0.15) is 28.1 Å². The summed E-state index contributed by atoms with van der Waals surface area (Å²) in [5, 5.41) is 47.8. The van der Waals surface area contributed by atoms with E-state index in [-0.39, 0.29) is 35.5 Å². The molecular formula is C32H29N3O9. The van der Waals surface area contributed by atoms with Gasteiger partial charge >= 0.3 is 0 Å². The zero-order valence-electron chi connectivity index (χ0n) is 23.7. The second-order valence-electron chi connectivity index (χ2n) is 11.5. The number of anilines is 1. The number of carbonyl (C=O) groups is 4. The van der Waals surface area contributed by atoms with Gasteiger partial charge in [-0.2, -0.15) is 0 Å². The van der Waals surface area contributed by atoms with E-state index in [1.165, 1.54) is 23.3 Å². The third-order valence-corrected chi connectivity index (χ3v) is 8.80.